The summed E-state index contributed by atoms with van der Waals surface area (Å²) in [5, 5.41) is 11.1. The first-order valence-corrected chi connectivity index (χ1v) is 6.18. The predicted octanol–water partition coefficient (Wildman–Crippen LogP) is 1.03. The Labute approximate surface area is 102 Å². The number of amides is 1. The molecule has 2 unspecified atom stereocenters. The average molecular weight is 243 g/mol. The molecule has 0 bridgehead atoms. The van der Waals surface area contributed by atoms with Crippen molar-refractivity contribution in [2.24, 2.45) is 11.8 Å². The van der Waals surface area contributed by atoms with E-state index in [-0.39, 0.29) is 25.0 Å². The number of carboxylic acids is 1. The lowest BCUT2D eigenvalue weighted by Gasteiger charge is -2.27. The zero-order valence-corrected chi connectivity index (χ0v) is 10.3. The Hall–Kier alpha value is -1.10. The lowest BCUT2D eigenvalue weighted by molar-refractivity contribution is -0.142. The summed E-state index contributed by atoms with van der Waals surface area (Å²) in [6.45, 7) is 2.44. The lowest BCUT2D eigenvalue weighted by Crippen LogP contribution is -2.37. The maximum Gasteiger partial charge on any atom is 0.329 e. The molecule has 0 spiro atoms. The summed E-state index contributed by atoms with van der Waals surface area (Å²) >= 11 is 0. The minimum absolute atomic E-state index is 0.0797. The average Bonchev–Trinajstić information content (AvgIpc) is 2.28. The quantitative estimate of drug-likeness (QED) is 0.683. The van der Waals surface area contributed by atoms with Crippen molar-refractivity contribution >= 4 is 11.9 Å². The maximum absolute atomic E-state index is 11.8. The molecule has 0 aromatic rings. The largest absolute Gasteiger partial charge is 0.480 e. The summed E-state index contributed by atoms with van der Waals surface area (Å²) in [5.74, 6) is -0.347. The standard InChI is InChI=1S/C12H21NO4/c1-9-4-2-3-5-10(9)12(16)13-6-7-17-8-11(14)15/h9-10H,2-8H2,1H3,(H,13,16)(H,14,15). The van der Waals surface area contributed by atoms with Gasteiger partial charge in [-0.1, -0.05) is 19.8 Å². The van der Waals surface area contributed by atoms with Crippen LogP contribution in [0.2, 0.25) is 0 Å². The van der Waals surface area contributed by atoms with Crippen LogP contribution in [0.3, 0.4) is 0 Å². The number of rotatable bonds is 6. The highest BCUT2D eigenvalue weighted by Gasteiger charge is 2.27. The molecule has 0 aliphatic heterocycles. The van der Waals surface area contributed by atoms with E-state index in [1.807, 2.05) is 0 Å². The smallest absolute Gasteiger partial charge is 0.329 e. The van der Waals surface area contributed by atoms with Crippen molar-refractivity contribution in [2.45, 2.75) is 32.6 Å². The van der Waals surface area contributed by atoms with Crippen molar-refractivity contribution in [2.75, 3.05) is 19.8 Å². The van der Waals surface area contributed by atoms with E-state index in [1.54, 1.807) is 0 Å². The summed E-state index contributed by atoms with van der Waals surface area (Å²) in [6.07, 6.45) is 4.42. The van der Waals surface area contributed by atoms with Gasteiger partial charge >= 0.3 is 5.97 Å². The van der Waals surface area contributed by atoms with E-state index in [0.717, 1.165) is 19.3 Å². The maximum atomic E-state index is 11.8. The van der Waals surface area contributed by atoms with Crippen molar-refractivity contribution < 1.29 is 19.4 Å². The summed E-state index contributed by atoms with van der Waals surface area (Å²) in [7, 11) is 0. The first-order chi connectivity index (χ1) is 8.11. The van der Waals surface area contributed by atoms with Crippen LogP contribution in [0.4, 0.5) is 0 Å². The van der Waals surface area contributed by atoms with Crippen LogP contribution in [-0.2, 0) is 14.3 Å². The Morgan fingerprint density at radius 1 is 1.35 bits per heavy atom. The molecule has 1 saturated carbocycles. The fraction of sp³-hybridized carbons (Fsp3) is 0.833. The van der Waals surface area contributed by atoms with Gasteiger partial charge in [-0.15, -0.1) is 0 Å². The van der Waals surface area contributed by atoms with Crippen molar-refractivity contribution in [3.63, 3.8) is 0 Å². The number of nitrogens with one attached hydrogen (secondary N) is 1. The van der Waals surface area contributed by atoms with Crippen LogP contribution in [0.25, 0.3) is 0 Å². The van der Waals surface area contributed by atoms with Gasteiger partial charge in [0, 0.05) is 12.5 Å². The predicted molar refractivity (Wildman–Crippen MR) is 62.6 cm³/mol. The minimum Gasteiger partial charge on any atom is -0.480 e. The molecular weight excluding hydrogens is 222 g/mol. The fourth-order valence-electron chi connectivity index (χ4n) is 2.24. The number of hydrogen-bond donors (Lipinski definition) is 2. The third-order valence-corrected chi connectivity index (χ3v) is 3.22. The molecule has 5 heteroatoms. The zero-order valence-electron chi connectivity index (χ0n) is 10.3. The highest BCUT2D eigenvalue weighted by molar-refractivity contribution is 5.78. The highest BCUT2D eigenvalue weighted by atomic mass is 16.5. The molecule has 1 aliphatic rings. The molecule has 0 radical (unpaired) electrons. The third-order valence-electron chi connectivity index (χ3n) is 3.22. The summed E-state index contributed by atoms with van der Waals surface area (Å²) in [4.78, 5) is 22.0. The van der Waals surface area contributed by atoms with Crippen LogP contribution in [-0.4, -0.2) is 36.7 Å². The van der Waals surface area contributed by atoms with Gasteiger partial charge in [0.05, 0.1) is 6.61 Å². The Balaban J connectivity index is 2.13. The van der Waals surface area contributed by atoms with E-state index >= 15 is 0 Å². The SMILES string of the molecule is CC1CCCCC1C(=O)NCCOCC(=O)O. The number of carbonyl (C=O) groups is 2. The third kappa shape index (κ3) is 5.17. The van der Waals surface area contributed by atoms with Crippen LogP contribution < -0.4 is 5.32 Å². The first kappa shape index (κ1) is 14.0. The van der Waals surface area contributed by atoms with Gasteiger partial charge in [-0.25, -0.2) is 4.79 Å². The molecule has 0 saturated heterocycles. The highest BCUT2D eigenvalue weighted by Crippen LogP contribution is 2.29. The second-order valence-corrected chi connectivity index (χ2v) is 4.61. The van der Waals surface area contributed by atoms with E-state index in [0.29, 0.717) is 12.5 Å². The summed E-state index contributed by atoms with van der Waals surface area (Å²) < 4.78 is 4.85. The van der Waals surface area contributed by atoms with Crippen LogP contribution in [0.15, 0.2) is 0 Å². The van der Waals surface area contributed by atoms with Crippen LogP contribution in [0, 0.1) is 11.8 Å². The molecule has 5 nitrogen and oxygen atoms in total. The van der Waals surface area contributed by atoms with E-state index in [4.69, 9.17) is 9.84 Å². The molecule has 0 aromatic carbocycles. The van der Waals surface area contributed by atoms with Crippen molar-refractivity contribution in [1.82, 2.24) is 5.32 Å². The molecule has 98 valence electrons. The Morgan fingerprint density at radius 2 is 2.06 bits per heavy atom. The number of carboxylic acid groups (broad SMARTS) is 1. The normalized spacial score (nSPS) is 24.3. The van der Waals surface area contributed by atoms with E-state index < -0.39 is 5.97 Å². The Morgan fingerprint density at radius 3 is 2.71 bits per heavy atom. The van der Waals surface area contributed by atoms with Gasteiger partial charge in [0.25, 0.3) is 0 Å². The van der Waals surface area contributed by atoms with Crippen molar-refractivity contribution in [1.29, 1.82) is 0 Å². The second-order valence-electron chi connectivity index (χ2n) is 4.61. The minimum atomic E-state index is -0.989. The van der Waals surface area contributed by atoms with Crippen LogP contribution in [0.5, 0.6) is 0 Å². The molecule has 1 amide bonds. The van der Waals surface area contributed by atoms with Gasteiger partial charge in [0.15, 0.2) is 0 Å². The number of ether oxygens (including phenoxy) is 1. The topological polar surface area (TPSA) is 75.6 Å². The zero-order chi connectivity index (χ0) is 12.7. The Bertz CT molecular complexity index is 267. The van der Waals surface area contributed by atoms with Crippen LogP contribution in [0.1, 0.15) is 32.6 Å². The van der Waals surface area contributed by atoms with Gasteiger partial charge in [-0.05, 0) is 18.8 Å². The Kier molecular flexibility index (Phi) is 5.97. The molecule has 2 N–H and O–H groups in total. The lowest BCUT2D eigenvalue weighted by atomic mass is 9.80. The molecule has 1 rings (SSSR count). The van der Waals surface area contributed by atoms with Gasteiger partial charge in [-0.3, -0.25) is 4.79 Å². The van der Waals surface area contributed by atoms with E-state index in [9.17, 15) is 9.59 Å². The molecule has 2 atom stereocenters. The first-order valence-electron chi connectivity index (χ1n) is 6.18. The van der Waals surface area contributed by atoms with E-state index in [2.05, 4.69) is 12.2 Å². The van der Waals surface area contributed by atoms with E-state index in [1.165, 1.54) is 6.42 Å². The molecule has 17 heavy (non-hydrogen) atoms. The van der Waals surface area contributed by atoms with Crippen LogP contribution >= 0.6 is 0 Å². The van der Waals surface area contributed by atoms with Gasteiger partial charge in [0.1, 0.15) is 6.61 Å². The number of hydrogen-bond acceptors (Lipinski definition) is 3. The molecule has 0 heterocycles. The van der Waals surface area contributed by atoms with Gasteiger partial charge in [-0.2, -0.15) is 0 Å². The van der Waals surface area contributed by atoms with Gasteiger partial charge in [0.2, 0.25) is 5.91 Å². The van der Waals surface area contributed by atoms with Crippen molar-refractivity contribution in [3.8, 4) is 0 Å². The number of carbonyl (C=O) groups excluding carboxylic acids is 1. The molecule has 1 aliphatic carbocycles. The molecule has 0 aromatic heterocycles. The molecule has 1 fully saturated rings. The van der Waals surface area contributed by atoms with Gasteiger partial charge < -0.3 is 15.2 Å². The molecular formula is C12H21NO4. The summed E-state index contributed by atoms with van der Waals surface area (Å²) in [5.41, 5.74) is 0. The number of aliphatic carboxylic acids is 1. The monoisotopic (exact) mass is 243 g/mol. The summed E-state index contributed by atoms with van der Waals surface area (Å²) in [6, 6.07) is 0. The second kappa shape index (κ2) is 7.27. The van der Waals surface area contributed by atoms with Crippen molar-refractivity contribution in [3.05, 3.63) is 0 Å². The fourth-order valence-corrected chi connectivity index (χ4v) is 2.24.